The first-order valence-electron chi connectivity index (χ1n) is 8.35. The number of benzene rings is 2. The van der Waals surface area contributed by atoms with Gasteiger partial charge in [0.2, 0.25) is 0 Å². The van der Waals surface area contributed by atoms with Gasteiger partial charge in [-0.05, 0) is 60.7 Å². The minimum atomic E-state index is -4.37. The molecular weight excluding hydrogens is 407 g/mol. The predicted molar refractivity (Wildman–Crippen MR) is 105 cm³/mol. The highest BCUT2D eigenvalue weighted by molar-refractivity contribution is 7.99. The minimum absolute atomic E-state index is 0.0866. The molecule has 1 aliphatic heterocycles. The van der Waals surface area contributed by atoms with E-state index in [0.717, 1.165) is 17.0 Å². The Labute approximate surface area is 168 Å². The summed E-state index contributed by atoms with van der Waals surface area (Å²) < 4.78 is 40.1. The van der Waals surface area contributed by atoms with E-state index < -0.39 is 11.7 Å². The Balaban J connectivity index is 1.67. The van der Waals surface area contributed by atoms with Crippen LogP contribution in [0.3, 0.4) is 0 Å². The zero-order valence-corrected chi connectivity index (χ0v) is 15.9. The van der Waals surface area contributed by atoms with Gasteiger partial charge < -0.3 is 4.57 Å². The van der Waals surface area contributed by atoms with E-state index in [2.05, 4.69) is 0 Å². The lowest BCUT2D eigenvalue weighted by Gasteiger charge is -2.17. The van der Waals surface area contributed by atoms with Crippen LogP contribution in [0.2, 0.25) is 5.02 Å². The molecule has 0 unspecified atom stereocenters. The highest BCUT2D eigenvalue weighted by Gasteiger charge is 2.30. The molecule has 7 heteroatoms. The number of hydrogen-bond acceptors (Lipinski definition) is 2. The van der Waals surface area contributed by atoms with E-state index in [9.17, 15) is 18.0 Å². The van der Waals surface area contributed by atoms with E-state index in [0.29, 0.717) is 33.3 Å². The maximum absolute atomic E-state index is 12.8. The summed E-state index contributed by atoms with van der Waals surface area (Å²) in [6.07, 6.45) is -0.850. The van der Waals surface area contributed by atoms with Crippen LogP contribution in [0.4, 0.5) is 13.2 Å². The molecule has 0 atom stereocenters. The Morgan fingerprint density at radius 2 is 1.82 bits per heavy atom. The molecule has 0 fully saturated rings. The average molecular weight is 420 g/mol. The quantitative estimate of drug-likeness (QED) is 0.441. The third-order valence-electron chi connectivity index (χ3n) is 4.44. The second-order valence-electron chi connectivity index (χ2n) is 6.28. The number of alkyl halides is 3. The molecule has 1 aromatic heterocycles. The van der Waals surface area contributed by atoms with Crippen LogP contribution in [0.5, 0.6) is 0 Å². The molecule has 2 heterocycles. The summed E-state index contributed by atoms with van der Waals surface area (Å²) in [5, 5.41) is 0.502. The fourth-order valence-corrected chi connectivity index (χ4v) is 4.21. The number of thioether (sulfide) groups is 1. The second-order valence-corrected chi connectivity index (χ2v) is 7.73. The number of hydrogen-bond donors (Lipinski definition) is 0. The van der Waals surface area contributed by atoms with Crippen molar-refractivity contribution in [3.63, 3.8) is 0 Å². The molecule has 0 saturated carbocycles. The van der Waals surface area contributed by atoms with Gasteiger partial charge >= 0.3 is 6.18 Å². The number of carbonyl (C=O) groups excluding carboxylic acids is 1. The van der Waals surface area contributed by atoms with Crippen LogP contribution in [0.1, 0.15) is 21.6 Å². The molecule has 1 aliphatic rings. The van der Waals surface area contributed by atoms with E-state index in [1.54, 1.807) is 46.8 Å². The largest absolute Gasteiger partial charge is 0.416 e. The molecule has 0 saturated heterocycles. The molecule has 0 N–H and O–H groups in total. The Morgan fingerprint density at radius 3 is 2.54 bits per heavy atom. The van der Waals surface area contributed by atoms with E-state index in [1.807, 2.05) is 12.1 Å². The van der Waals surface area contributed by atoms with Crippen LogP contribution in [0.15, 0.2) is 71.3 Å². The second kappa shape index (κ2) is 7.18. The van der Waals surface area contributed by atoms with Crippen molar-refractivity contribution in [1.82, 2.24) is 4.57 Å². The first-order valence-corrected chi connectivity index (χ1v) is 9.72. The number of fused-ring (bicyclic) bond motifs is 1. The maximum atomic E-state index is 12.8. The number of nitrogens with zero attached hydrogens (tertiary/aromatic N) is 1. The van der Waals surface area contributed by atoms with Gasteiger partial charge in [0, 0.05) is 44.4 Å². The van der Waals surface area contributed by atoms with Crippen molar-refractivity contribution in [1.29, 1.82) is 0 Å². The maximum Gasteiger partial charge on any atom is 0.416 e. The monoisotopic (exact) mass is 419 g/mol. The predicted octanol–water partition coefficient (Wildman–Crippen LogP) is 6.52. The molecule has 28 heavy (non-hydrogen) atoms. The van der Waals surface area contributed by atoms with Crippen molar-refractivity contribution in [2.24, 2.45) is 0 Å². The van der Waals surface area contributed by atoms with Gasteiger partial charge in [0.25, 0.3) is 0 Å². The first kappa shape index (κ1) is 18.9. The molecule has 2 nitrogen and oxygen atoms in total. The number of ketones is 1. The van der Waals surface area contributed by atoms with Crippen LogP contribution < -0.4 is 0 Å². The number of rotatable bonds is 2. The van der Waals surface area contributed by atoms with Crippen molar-refractivity contribution in [3.8, 4) is 5.69 Å². The van der Waals surface area contributed by atoms with Crippen molar-refractivity contribution < 1.29 is 18.0 Å². The molecule has 0 bridgehead atoms. The summed E-state index contributed by atoms with van der Waals surface area (Å²) in [4.78, 5) is 13.7. The van der Waals surface area contributed by atoms with Gasteiger partial charge in [-0.1, -0.05) is 11.6 Å². The van der Waals surface area contributed by atoms with Crippen molar-refractivity contribution in [3.05, 3.63) is 88.2 Å². The molecule has 0 amide bonds. The van der Waals surface area contributed by atoms with Gasteiger partial charge in [-0.25, -0.2) is 0 Å². The topological polar surface area (TPSA) is 22.0 Å². The number of carbonyl (C=O) groups is 1. The highest BCUT2D eigenvalue weighted by atomic mass is 35.5. The van der Waals surface area contributed by atoms with Gasteiger partial charge in [0.15, 0.2) is 5.78 Å². The Bertz CT molecular complexity index is 1080. The summed E-state index contributed by atoms with van der Waals surface area (Å²) in [5.74, 6) is 0.433. The van der Waals surface area contributed by atoms with Crippen LogP contribution in [-0.2, 0) is 6.18 Å². The fourth-order valence-electron chi connectivity index (χ4n) is 3.04. The molecule has 142 valence electrons. The minimum Gasteiger partial charge on any atom is -0.317 e. The lowest BCUT2D eigenvalue weighted by molar-refractivity contribution is -0.137. The van der Waals surface area contributed by atoms with Crippen molar-refractivity contribution in [2.45, 2.75) is 11.1 Å². The lowest BCUT2D eigenvalue weighted by Crippen LogP contribution is -2.12. The molecule has 0 spiro atoms. The summed E-state index contributed by atoms with van der Waals surface area (Å²) in [5.41, 5.74) is 1.79. The van der Waals surface area contributed by atoms with Crippen molar-refractivity contribution >= 4 is 35.2 Å². The third-order valence-corrected chi connectivity index (χ3v) is 5.79. The molecule has 3 aromatic rings. The molecule has 0 aliphatic carbocycles. The standard InChI is InChI=1S/C21H13ClF3NOS/c22-15-5-8-19-18(11-15)20(27)13(12-28-19)10-17-2-1-9-26(17)16-6-3-14(4-7-16)21(23,24)25/h1-11H,12H2/b13-10-. The van der Waals surface area contributed by atoms with Gasteiger partial charge in [0.05, 0.1) is 5.56 Å². The SMILES string of the molecule is O=C1/C(=C\c2cccn2-c2ccc(C(F)(F)F)cc2)CSc2ccc(Cl)cc21. The number of halogens is 4. The lowest BCUT2D eigenvalue weighted by atomic mass is 10.0. The molecular formula is C21H13ClF3NOS. The van der Waals surface area contributed by atoms with Gasteiger partial charge in [-0.15, -0.1) is 11.8 Å². The number of Topliss-reactive ketones (excluding diaryl/α,β-unsaturated/α-hetero) is 1. The van der Waals surface area contributed by atoms with E-state index >= 15 is 0 Å². The van der Waals surface area contributed by atoms with E-state index in [4.69, 9.17) is 11.6 Å². The summed E-state index contributed by atoms with van der Waals surface area (Å²) in [7, 11) is 0. The third kappa shape index (κ3) is 3.62. The van der Waals surface area contributed by atoms with Crippen LogP contribution >= 0.6 is 23.4 Å². The zero-order chi connectivity index (χ0) is 19.9. The molecule has 2 aromatic carbocycles. The van der Waals surface area contributed by atoms with E-state index in [-0.39, 0.29) is 5.78 Å². The molecule has 4 rings (SSSR count). The Hall–Kier alpha value is -2.44. The average Bonchev–Trinajstić information content (AvgIpc) is 3.12. The first-order chi connectivity index (χ1) is 13.3. The highest BCUT2D eigenvalue weighted by Crippen LogP contribution is 2.35. The number of aromatic nitrogens is 1. The summed E-state index contributed by atoms with van der Waals surface area (Å²) >= 11 is 7.57. The smallest absolute Gasteiger partial charge is 0.317 e. The van der Waals surface area contributed by atoms with Crippen LogP contribution in [0.25, 0.3) is 11.8 Å². The van der Waals surface area contributed by atoms with Gasteiger partial charge in [-0.2, -0.15) is 13.2 Å². The Morgan fingerprint density at radius 1 is 1.07 bits per heavy atom. The van der Waals surface area contributed by atoms with E-state index in [1.165, 1.54) is 12.1 Å². The van der Waals surface area contributed by atoms with Crippen LogP contribution in [0, 0.1) is 0 Å². The fraction of sp³-hybridized carbons (Fsp3) is 0.0952. The zero-order valence-electron chi connectivity index (χ0n) is 14.3. The Kier molecular flexibility index (Phi) is 4.85. The summed E-state index contributed by atoms with van der Waals surface area (Å²) in [6, 6.07) is 13.8. The normalized spacial score (nSPS) is 15.7. The van der Waals surface area contributed by atoms with Crippen LogP contribution in [-0.4, -0.2) is 16.1 Å². The van der Waals surface area contributed by atoms with Gasteiger partial charge in [0.1, 0.15) is 0 Å². The van der Waals surface area contributed by atoms with Gasteiger partial charge in [-0.3, -0.25) is 4.79 Å². The van der Waals surface area contributed by atoms with Crippen molar-refractivity contribution in [2.75, 3.05) is 5.75 Å². The molecule has 0 radical (unpaired) electrons. The summed E-state index contributed by atoms with van der Waals surface area (Å²) in [6.45, 7) is 0.